The van der Waals surface area contributed by atoms with Crippen LogP contribution in [0.25, 0.3) is 0 Å². The van der Waals surface area contributed by atoms with Crippen molar-refractivity contribution in [2.45, 2.75) is 37.0 Å². The van der Waals surface area contributed by atoms with Gasteiger partial charge in [0.05, 0.1) is 16.6 Å². The van der Waals surface area contributed by atoms with Crippen molar-refractivity contribution in [3.63, 3.8) is 0 Å². The summed E-state index contributed by atoms with van der Waals surface area (Å²) in [4.78, 5) is 11.3. The highest BCUT2D eigenvalue weighted by molar-refractivity contribution is 7.91. The summed E-state index contributed by atoms with van der Waals surface area (Å²) in [5.41, 5.74) is 5.54. The van der Waals surface area contributed by atoms with Crippen molar-refractivity contribution in [2.75, 3.05) is 5.32 Å². The molecule has 2 atom stereocenters. The van der Waals surface area contributed by atoms with E-state index in [1.165, 1.54) is 18.2 Å². The van der Waals surface area contributed by atoms with E-state index in [2.05, 4.69) is 5.32 Å². The fraction of sp³-hybridized carbons (Fsp3) is 0.462. The van der Waals surface area contributed by atoms with Gasteiger partial charge in [-0.05, 0) is 18.1 Å². The normalized spacial score (nSPS) is 14.8. The number of amides is 1. The Hall–Kier alpha value is -1.54. The quantitative estimate of drug-likeness (QED) is 0.839. The summed E-state index contributed by atoms with van der Waals surface area (Å²) < 4.78 is 48.4. The molecular weight excluding hydrogens is 302 g/mol. The number of carbonyl (C=O) groups is 1. The molecule has 0 aliphatic carbocycles. The minimum Gasteiger partial charge on any atom is -0.324 e. The van der Waals surface area contributed by atoms with Crippen molar-refractivity contribution in [2.24, 2.45) is 11.7 Å². The molecule has 0 fully saturated rings. The third kappa shape index (κ3) is 3.98. The van der Waals surface area contributed by atoms with Gasteiger partial charge in [-0.15, -0.1) is 0 Å². The maximum absolute atomic E-state index is 12.6. The second kappa shape index (κ2) is 6.95. The van der Waals surface area contributed by atoms with Crippen LogP contribution >= 0.6 is 0 Å². The van der Waals surface area contributed by atoms with E-state index in [0.717, 1.165) is 6.07 Å². The Labute approximate surface area is 122 Å². The summed E-state index contributed by atoms with van der Waals surface area (Å²) in [5.74, 6) is -4.29. The summed E-state index contributed by atoms with van der Waals surface area (Å²) >= 11 is 0. The minimum atomic E-state index is -4.79. The number of nitrogens with two attached hydrogens (primary N) is 1. The van der Waals surface area contributed by atoms with Crippen LogP contribution in [0.15, 0.2) is 29.2 Å². The molecule has 1 amide bonds. The van der Waals surface area contributed by atoms with Crippen molar-refractivity contribution in [1.29, 1.82) is 0 Å². The Bertz CT molecular complexity index is 605. The van der Waals surface area contributed by atoms with E-state index in [1.54, 1.807) is 6.92 Å². The van der Waals surface area contributed by atoms with E-state index in [-0.39, 0.29) is 11.6 Å². The van der Waals surface area contributed by atoms with Gasteiger partial charge < -0.3 is 11.1 Å². The number of hydrogen-bond donors (Lipinski definition) is 2. The smallest absolute Gasteiger partial charge is 0.324 e. The van der Waals surface area contributed by atoms with Crippen LogP contribution in [0.2, 0.25) is 0 Å². The zero-order chi connectivity index (χ0) is 16.2. The molecule has 3 N–H and O–H groups in total. The average Bonchev–Trinajstić information content (AvgIpc) is 2.45. The molecule has 1 rings (SSSR count). The van der Waals surface area contributed by atoms with Crippen LogP contribution in [0.4, 0.5) is 14.5 Å². The van der Waals surface area contributed by atoms with Crippen LogP contribution in [0.5, 0.6) is 0 Å². The number of alkyl halides is 2. The SMILES string of the molecule is CCC(C)[C@H](N)C(=O)Nc1ccccc1S(=O)(=O)C(F)F. The zero-order valence-corrected chi connectivity index (χ0v) is 12.5. The largest absolute Gasteiger partial charge is 0.341 e. The Balaban J connectivity index is 3.09. The summed E-state index contributed by atoms with van der Waals surface area (Å²) in [6, 6.07) is 4.16. The second-order valence-electron chi connectivity index (χ2n) is 4.70. The number of benzene rings is 1. The van der Waals surface area contributed by atoms with E-state index < -0.39 is 32.4 Å². The molecule has 0 saturated carbocycles. The molecule has 0 aromatic heterocycles. The lowest BCUT2D eigenvalue weighted by atomic mass is 9.99. The van der Waals surface area contributed by atoms with Gasteiger partial charge in [0, 0.05) is 0 Å². The van der Waals surface area contributed by atoms with Crippen LogP contribution in [0, 0.1) is 5.92 Å². The predicted molar refractivity (Wildman–Crippen MR) is 75.7 cm³/mol. The van der Waals surface area contributed by atoms with Gasteiger partial charge in [-0.1, -0.05) is 32.4 Å². The van der Waals surface area contributed by atoms with Gasteiger partial charge >= 0.3 is 5.76 Å². The van der Waals surface area contributed by atoms with E-state index in [1.807, 2.05) is 6.92 Å². The van der Waals surface area contributed by atoms with Crippen LogP contribution in [0.3, 0.4) is 0 Å². The maximum Gasteiger partial charge on any atom is 0.341 e. The Morgan fingerprint density at radius 1 is 1.33 bits per heavy atom. The first kappa shape index (κ1) is 17.5. The third-order valence-electron chi connectivity index (χ3n) is 3.25. The molecule has 0 bridgehead atoms. The lowest BCUT2D eigenvalue weighted by Gasteiger charge is -2.19. The van der Waals surface area contributed by atoms with Gasteiger partial charge in [0.2, 0.25) is 15.7 Å². The number of hydrogen-bond acceptors (Lipinski definition) is 4. The molecule has 0 aliphatic heterocycles. The number of halogens is 2. The molecule has 0 aliphatic rings. The molecule has 0 radical (unpaired) electrons. The molecular formula is C13H18F2N2O3S. The number of rotatable bonds is 6. The van der Waals surface area contributed by atoms with Crippen LogP contribution in [-0.2, 0) is 14.6 Å². The Morgan fingerprint density at radius 3 is 2.43 bits per heavy atom. The number of para-hydroxylation sites is 1. The lowest BCUT2D eigenvalue weighted by molar-refractivity contribution is -0.118. The maximum atomic E-state index is 12.6. The van der Waals surface area contributed by atoms with Crippen LogP contribution in [0.1, 0.15) is 20.3 Å². The molecule has 0 saturated heterocycles. The summed E-state index contributed by atoms with van der Waals surface area (Å²) in [7, 11) is -4.79. The monoisotopic (exact) mass is 320 g/mol. The summed E-state index contributed by atoms with van der Waals surface area (Å²) in [6.45, 7) is 3.62. The second-order valence-corrected chi connectivity index (χ2v) is 6.59. The molecule has 0 spiro atoms. The zero-order valence-electron chi connectivity index (χ0n) is 11.7. The molecule has 1 aromatic rings. The van der Waals surface area contributed by atoms with Gasteiger partial charge in [-0.25, -0.2) is 8.42 Å². The standard InChI is InChI=1S/C13H18F2N2O3S/c1-3-8(2)11(16)12(18)17-9-6-4-5-7-10(9)21(19,20)13(14)15/h4-8,11,13H,3,16H2,1-2H3,(H,17,18)/t8?,11-/m0/s1. The first-order valence-electron chi connectivity index (χ1n) is 6.39. The van der Waals surface area contributed by atoms with Crippen molar-refractivity contribution < 1.29 is 22.0 Å². The Kier molecular flexibility index (Phi) is 5.79. The van der Waals surface area contributed by atoms with Crippen LogP contribution < -0.4 is 11.1 Å². The van der Waals surface area contributed by atoms with E-state index in [0.29, 0.717) is 6.42 Å². The highest BCUT2D eigenvalue weighted by Crippen LogP contribution is 2.26. The molecule has 8 heteroatoms. The third-order valence-corrected chi connectivity index (χ3v) is 4.68. The number of nitrogens with one attached hydrogen (secondary N) is 1. The fourth-order valence-corrected chi connectivity index (χ4v) is 2.53. The molecule has 1 aromatic carbocycles. The highest BCUT2D eigenvalue weighted by Gasteiger charge is 2.30. The van der Waals surface area contributed by atoms with E-state index in [9.17, 15) is 22.0 Å². The van der Waals surface area contributed by atoms with Crippen molar-refractivity contribution in [3.05, 3.63) is 24.3 Å². The van der Waals surface area contributed by atoms with Crippen molar-refractivity contribution >= 4 is 21.4 Å². The van der Waals surface area contributed by atoms with Crippen LogP contribution in [-0.4, -0.2) is 26.1 Å². The molecule has 1 unspecified atom stereocenters. The van der Waals surface area contributed by atoms with Gasteiger partial charge in [-0.3, -0.25) is 4.79 Å². The highest BCUT2D eigenvalue weighted by atomic mass is 32.2. The Morgan fingerprint density at radius 2 is 1.90 bits per heavy atom. The van der Waals surface area contributed by atoms with Crippen molar-refractivity contribution in [1.82, 2.24) is 0 Å². The first-order valence-corrected chi connectivity index (χ1v) is 7.94. The van der Waals surface area contributed by atoms with E-state index >= 15 is 0 Å². The molecule has 21 heavy (non-hydrogen) atoms. The minimum absolute atomic E-state index is 0.121. The lowest BCUT2D eigenvalue weighted by Crippen LogP contribution is -2.40. The first-order chi connectivity index (χ1) is 9.71. The van der Waals surface area contributed by atoms with Gasteiger partial charge in [0.1, 0.15) is 0 Å². The average molecular weight is 320 g/mol. The van der Waals surface area contributed by atoms with E-state index in [4.69, 9.17) is 5.73 Å². The molecule has 0 heterocycles. The van der Waals surface area contributed by atoms with Gasteiger partial charge in [0.25, 0.3) is 0 Å². The number of sulfone groups is 1. The summed E-state index contributed by atoms with van der Waals surface area (Å²) in [5, 5.41) is 2.31. The summed E-state index contributed by atoms with van der Waals surface area (Å²) in [6.07, 6.45) is 0.658. The van der Waals surface area contributed by atoms with Gasteiger partial charge in [-0.2, -0.15) is 8.78 Å². The predicted octanol–water partition coefficient (Wildman–Crippen LogP) is 1.99. The number of anilines is 1. The van der Waals surface area contributed by atoms with Crippen molar-refractivity contribution in [3.8, 4) is 0 Å². The topological polar surface area (TPSA) is 89.3 Å². The fourth-order valence-electron chi connectivity index (χ4n) is 1.64. The molecule has 118 valence electrons. The number of carbonyl (C=O) groups excluding carboxylic acids is 1. The molecule has 5 nitrogen and oxygen atoms in total. The van der Waals surface area contributed by atoms with Gasteiger partial charge in [0.15, 0.2) is 0 Å².